The molecule has 1 aliphatic heterocycles. The summed E-state index contributed by atoms with van der Waals surface area (Å²) < 4.78 is 49.8. The molecule has 11 heteroatoms. The highest BCUT2D eigenvalue weighted by atomic mass is 19.4. The Balaban J connectivity index is 1.86. The SMILES string of the molecule is CNc1nc(NC2=C(OC)C=C(C(=O)N3CCOCC3)C=CC2)ncc1C(F)(F)F. The fourth-order valence-electron chi connectivity index (χ4n) is 3.03. The van der Waals surface area contributed by atoms with E-state index in [0.29, 0.717) is 56.0 Å². The van der Waals surface area contributed by atoms with Crippen LogP contribution in [0.1, 0.15) is 12.0 Å². The maximum Gasteiger partial charge on any atom is 0.421 e. The van der Waals surface area contributed by atoms with Crippen molar-refractivity contribution < 1.29 is 27.4 Å². The van der Waals surface area contributed by atoms with Crippen LogP contribution < -0.4 is 10.6 Å². The number of ether oxygens (including phenoxy) is 2. The Kier molecular flexibility index (Phi) is 6.60. The lowest BCUT2D eigenvalue weighted by Crippen LogP contribution is -2.41. The molecular formula is C19H22F3N5O3. The fraction of sp³-hybridized carbons (Fsp3) is 0.421. The third kappa shape index (κ3) is 4.90. The molecule has 1 aromatic heterocycles. The molecule has 0 atom stereocenters. The highest BCUT2D eigenvalue weighted by Crippen LogP contribution is 2.33. The van der Waals surface area contributed by atoms with Crippen molar-refractivity contribution in [1.82, 2.24) is 14.9 Å². The number of nitrogens with zero attached hydrogens (tertiary/aromatic N) is 3. The predicted molar refractivity (Wildman–Crippen MR) is 103 cm³/mol. The minimum absolute atomic E-state index is 0.0262. The van der Waals surface area contributed by atoms with Crippen molar-refractivity contribution in [3.63, 3.8) is 0 Å². The fourth-order valence-corrected chi connectivity index (χ4v) is 3.03. The van der Waals surface area contributed by atoms with Crippen molar-refractivity contribution in [2.75, 3.05) is 51.1 Å². The van der Waals surface area contributed by atoms with Crippen molar-refractivity contribution in [3.8, 4) is 0 Å². The Hall–Kier alpha value is -3.08. The minimum atomic E-state index is -4.57. The van der Waals surface area contributed by atoms with Gasteiger partial charge in [-0.1, -0.05) is 12.2 Å². The topological polar surface area (TPSA) is 88.6 Å². The molecule has 1 amide bonds. The normalized spacial score (nSPS) is 17.4. The number of morpholine rings is 1. The molecule has 8 nitrogen and oxygen atoms in total. The number of aromatic nitrogens is 2. The first-order chi connectivity index (χ1) is 14.3. The van der Waals surface area contributed by atoms with Crippen molar-refractivity contribution in [2.45, 2.75) is 12.6 Å². The van der Waals surface area contributed by atoms with Gasteiger partial charge in [0.2, 0.25) is 5.95 Å². The first-order valence-electron chi connectivity index (χ1n) is 9.25. The third-order valence-electron chi connectivity index (χ3n) is 4.56. The Morgan fingerprint density at radius 1 is 1.30 bits per heavy atom. The number of hydrogen-bond donors (Lipinski definition) is 2. The molecule has 1 saturated heterocycles. The molecule has 2 heterocycles. The van der Waals surface area contributed by atoms with Crippen LogP contribution in [0.25, 0.3) is 0 Å². The van der Waals surface area contributed by atoms with Crippen LogP contribution >= 0.6 is 0 Å². The summed E-state index contributed by atoms with van der Waals surface area (Å²) in [5.41, 5.74) is -0.00862. The number of allylic oxidation sites excluding steroid dienone is 2. The summed E-state index contributed by atoms with van der Waals surface area (Å²) in [6, 6.07) is 0. The first-order valence-corrected chi connectivity index (χ1v) is 9.25. The average Bonchev–Trinajstić information content (AvgIpc) is 2.95. The molecule has 1 aromatic rings. The van der Waals surface area contributed by atoms with Gasteiger partial charge in [-0.25, -0.2) is 4.98 Å². The number of nitrogens with one attached hydrogen (secondary N) is 2. The molecule has 30 heavy (non-hydrogen) atoms. The van der Waals surface area contributed by atoms with E-state index in [4.69, 9.17) is 9.47 Å². The smallest absolute Gasteiger partial charge is 0.421 e. The second-order valence-corrected chi connectivity index (χ2v) is 6.49. The summed E-state index contributed by atoms with van der Waals surface area (Å²) in [5.74, 6) is -0.149. The third-order valence-corrected chi connectivity index (χ3v) is 4.56. The predicted octanol–water partition coefficient (Wildman–Crippen LogP) is 2.55. The lowest BCUT2D eigenvalue weighted by molar-refractivity contribution is -0.137. The van der Waals surface area contributed by atoms with Gasteiger partial charge in [-0.3, -0.25) is 4.79 Å². The summed E-state index contributed by atoms with van der Waals surface area (Å²) in [6.45, 7) is 1.99. The monoisotopic (exact) mass is 425 g/mol. The molecular weight excluding hydrogens is 403 g/mol. The molecule has 3 rings (SSSR count). The Morgan fingerprint density at radius 3 is 2.67 bits per heavy atom. The number of alkyl halides is 3. The quantitative estimate of drug-likeness (QED) is 0.750. The number of methoxy groups -OCH3 is 1. The van der Waals surface area contributed by atoms with E-state index in [1.54, 1.807) is 23.1 Å². The molecule has 0 spiro atoms. The number of amides is 1. The van der Waals surface area contributed by atoms with Gasteiger partial charge in [-0.2, -0.15) is 18.2 Å². The van der Waals surface area contributed by atoms with Crippen molar-refractivity contribution in [1.29, 1.82) is 0 Å². The standard InChI is InChI=1S/C19H22F3N5O3/c1-23-16-13(19(20,21)22)11-24-18(26-16)25-14-5-3-4-12(10-15(14)29-2)17(28)27-6-8-30-9-7-27/h3-4,10-11H,5-9H2,1-2H3,(H2,23,24,25,26). The highest BCUT2D eigenvalue weighted by Gasteiger charge is 2.35. The van der Waals surface area contributed by atoms with Gasteiger partial charge in [0, 0.05) is 38.3 Å². The summed E-state index contributed by atoms with van der Waals surface area (Å²) in [6.07, 6.45) is 1.53. The maximum atomic E-state index is 13.0. The van der Waals surface area contributed by atoms with Gasteiger partial charge < -0.3 is 25.0 Å². The number of halogens is 3. The number of carbonyl (C=O) groups is 1. The number of carbonyl (C=O) groups excluding carboxylic acids is 1. The van der Waals surface area contributed by atoms with E-state index < -0.39 is 11.7 Å². The lowest BCUT2D eigenvalue weighted by Gasteiger charge is -2.27. The molecule has 0 saturated carbocycles. The van der Waals surface area contributed by atoms with E-state index in [-0.39, 0.29) is 17.7 Å². The Labute approximate surface area is 171 Å². The van der Waals surface area contributed by atoms with Crippen LogP contribution in [0, 0.1) is 0 Å². The molecule has 0 aromatic carbocycles. The van der Waals surface area contributed by atoms with E-state index in [2.05, 4.69) is 20.6 Å². The molecule has 2 N–H and O–H groups in total. The molecule has 0 bridgehead atoms. The van der Waals surface area contributed by atoms with E-state index in [9.17, 15) is 18.0 Å². The van der Waals surface area contributed by atoms with Crippen LogP contribution in [-0.2, 0) is 20.4 Å². The Morgan fingerprint density at radius 2 is 2.03 bits per heavy atom. The van der Waals surface area contributed by atoms with Crippen LogP contribution in [0.15, 0.2) is 41.5 Å². The van der Waals surface area contributed by atoms with Crippen LogP contribution in [0.5, 0.6) is 0 Å². The molecule has 1 fully saturated rings. The van der Waals surface area contributed by atoms with E-state index in [1.165, 1.54) is 14.2 Å². The zero-order valence-electron chi connectivity index (χ0n) is 16.5. The average molecular weight is 425 g/mol. The summed E-state index contributed by atoms with van der Waals surface area (Å²) >= 11 is 0. The second-order valence-electron chi connectivity index (χ2n) is 6.49. The van der Waals surface area contributed by atoms with E-state index in [1.807, 2.05) is 0 Å². The molecule has 162 valence electrons. The van der Waals surface area contributed by atoms with E-state index in [0.717, 1.165) is 0 Å². The van der Waals surface area contributed by atoms with Crippen LogP contribution in [0.2, 0.25) is 0 Å². The van der Waals surface area contributed by atoms with Crippen LogP contribution in [-0.4, -0.2) is 61.2 Å². The van der Waals surface area contributed by atoms with Crippen molar-refractivity contribution >= 4 is 17.7 Å². The first kappa shape index (κ1) is 21.6. The van der Waals surface area contributed by atoms with Gasteiger partial charge >= 0.3 is 6.18 Å². The van der Waals surface area contributed by atoms with Crippen molar-refractivity contribution in [2.24, 2.45) is 0 Å². The van der Waals surface area contributed by atoms with Gasteiger partial charge in [0.25, 0.3) is 5.91 Å². The molecule has 0 unspecified atom stereocenters. The highest BCUT2D eigenvalue weighted by molar-refractivity contribution is 5.96. The van der Waals surface area contributed by atoms with Gasteiger partial charge in [0.15, 0.2) is 0 Å². The van der Waals surface area contributed by atoms with Gasteiger partial charge in [0.1, 0.15) is 17.1 Å². The minimum Gasteiger partial charge on any atom is -0.495 e. The van der Waals surface area contributed by atoms with Crippen molar-refractivity contribution in [3.05, 3.63) is 47.0 Å². The number of hydrogen-bond acceptors (Lipinski definition) is 7. The maximum absolute atomic E-state index is 13.0. The zero-order valence-corrected chi connectivity index (χ0v) is 16.5. The summed E-state index contributed by atoms with van der Waals surface area (Å²) in [7, 11) is 2.80. The lowest BCUT2D eigenvalue weighted by atomic mass is 10.2. The second kappa shape index (κ2) is 9.16. The number of anilines is 2. The summed E-state index contributed by atoms with van der Waals surface area (Å²) in [4.78, 5) is 22.1. The zero-order chi connectivity index (χ0) is 21.7. The summed E-state index contributed by atoms with van der Waals surface area (Å²) in [5, 5.41) is 5.33. The van der Waals surface area contributed by atoms with Crippen LogP contribution in [0.3, 0.4) is 0 Å². The van der Waals surface area contributed by atoms with Gasteiger partial charge in [-0.15, -0.1) is 0 Å². The molecule has 0 radical (unpaired) electrons. The molecule has 2 aliphatic rings. The van der Waals surface area contributed by atoms with Crippen LogP contribution in [0.4, 0.5) is 24.9 Å². The largest absolute Gasteiger partial charge is 0.495 e. The Bertz CT molecular complexity index is 890. The number of rotatable bonds is 5. The van der Waals surface area contributed by atoms with Gasteiger partial charge in [-0.05, 0) is 6.08 Å². The van der Waals surface area contributed by atoms with E-state index >= 15 is 0 Å². The molecule has 1 aliphatic carbocycles. The van der Waals surface area contributed by atoms with Gasteiger partial charge in [0.05, 0.1) is 26.0 Å².